The van der Waals surface area contributed by atoms with E-state index in [0.29, 0.717) is 6.54 Å². The molecule has 0 bridgehead atoms. The second-order valence-electron chi connectivity index (χ2n) is 2.91. The van der Waals surface area contributed by atoms with E-state index in [2.05, 4.69) is 5.32 Å². The number of hydroxylamine groups is 1. The molecule has 0 saturated carbocycles. The number of nitrogens with zero attached hydrogens (tertiary/aromatic N) is 1. The van der Waals surface area contributed by atoms with Crippen LogP contribution in [0.2, 0.25) is 0 Å². The summed E-state index contributed by atoms with van der Waals surface area (Å²) in [4.78, 5) is 21.0. The SMILES string of the molecule is CCNC(=O)C(C=CC(C)[N+](=O)[O-])NO. The summed E-state index contributed by atoms with van der Waals surface area (Å²) in [5.74, 6) is -0.438. The van der Waals surface area contributed by atoms with Gasteiger partial charge < -0.3 is 10.5 Å². The number of nitro groups is 1. The maximum atomic E-state index is 11.2. The Kier molecular flexibility index (Phi) is 6.23. The Balaban J connectivity index is 4.32. The van der Waals surface area contributed by atoms with Crippen molar-refractivity contribution in [2.45, 2.75) is 25.9 Å². The van der Waals surface area contributed by atoms with Gasteiger partial charge in [0.2, 0.25) is 11.9 Å². The summed E-state index contributed by atoms with van der Waals surface area (Å²) < 4.78 is 0. The van der Waals surface area contributed by atoms with E-state index in [4.69, 9.17) is 5.21 Å². The zero-order valence-electron chi connectivity index (χ0n) is 8.64. The van der Waals surface area contributed by atoms with Crippen LogP contribution in [0.15, 0.2) is 12.2 Å². The van der Waals surface area contributed by atoms with Gasteiger partial charge in [0, 0.05) is 18.4 Å². The first kappa shape index (κ1) is 13.5. The predicted molar refractivity (Wildman–Crippen MR) is 53.0 cm³/mol. The van der Waals surface area contributed by atoms with E-state index in [1.807, 2.05) is 0 Å². The molecular weight excluding hydrogens is 202 g/mol. The molecule has 0 aliphatic heterocycles. The van der Waals surface area contributed by atoms with Crippen LogP contribution in [0.25, 0.3) is 0 Å². The Bertz CT molecular complexity index is 254. The zero-order valence-corrected chi connectivity index (χ0v) is 8.64. The highest BCUT2D eigenvalue weighted by Crippen LogP contribution is 1.94. The summed E-state index contributed by atoms with van der Waals surface area (Å²) in [5, 5.41) is 21.4. The van der Waals surface area contributed by atoms with Gasteiger partial charge in [-0.15, -0.1) is 0 Å². The van der Waals surface area contributed by atoms with Crippen molar-refractivity contribution in [3.8, 4) is 0 Å². The van der Waals surface area contributed by atoms with Crippen molar-refractivity contribution in [2.75, 3.05) is 6.54 Å². The Labute approximate surface area is 87.3 Å². The van der Waals surface area contributed by atoms with Crippen molar-refractivity contribution in [1.82, 2.24) is 10.8 Å². The number of hydrogen-bond donors (Lipinski definition) is 3. The molecule has 0 rings (SSSR count). The van der Waals surface area contributed by atoms with Crippen LogP contribution in [-0.4, -0.2) is 34.7 Å². The fraction of sp³-hybridized carbons (Fsp3) is 0.625. The number of hydrogen-bond acceptors (Lipinski definition) is 5. The smallest absolute Gasteiger partial charge is 0.243 e. The average Bonchev–Trinajstić information content (AvgIpc) is 2.18. The molecule has 0 spiro atoms. The van der Waals surface area contributed by atoms with Gasteiger partial charge in [-0.2, -0.15) is 5.48 Å². The van der Waals surface area contributed by atoms with E-state index < -0.39 is 22.9 Å². The first-order chi connectivity index (χ1) is 7.02. The molecule has 15 heavy (non-hydrogen) atoms. The Morgan fingerprint density at radius 3 is 2.60 bits per heavy atom. The third-order valence-electron chi connectivity index (χ3n) is 1.69. The van der Waals surface area contributed by atoms with Crippen LogP contribution in [0.5, 0.6) is 0 Å². The van der Waals surface area contributed by atoms with Gasteiger partial charge in [0.1, 0.15) is 6.04 Å². The third-order valence-corrected chi connectivity index (χ3v) is 1.69. The molecule has 0 aromatic carbocycles. The lowest BCUT2D eigenvalue weighted by molar-refractivity contribution is -0.504. The van der Waals surface area contributed by atoms with Crippen LogP contribution in [0.1, 0.15) is 13.8 Å². The predicted octanol–water partition coefficient (Wildman–Crippen LogP) is -0.309. The highest BCUT2D eigenvalue weighted by Gasteiger charge is 2.15. The lowest BCUT2D eigenvalue weighted by Gasteiger charge is -2.09. The van der Waals surface area contributed by atoms with Crippen LogP contribution in [0.3, 0.4) is 0 Å². The van der Waals surface area contributed by atoms with Crippen LogP contribution in [0, 0.1) is 10.1 Å². The fourth-order valence-electron chi connectivity index (χ4n) is 0.815. The summed E-state index contributed by atoms with van der Waals surface area (Å²) in [7, 11) is 0. The van der Waals surface area contributed by atoms with Crippen molar-refractivity contribution < 1.29 is 14.9 Å². The number of carbonyl (C=O) groups excluding carboxylic acids is 1. The number of likely N-dealkylation sites (N-methyl/N-ethyl adjacent to an activating group) is 1. The normalized spacial score (nSPS) is 14.9. The topological polar surface area (TPSA) is 104 Å². The van der Waals surface area contributed by atoms with Gasteiger partial charge in [0.05, 0.1) is 0 Å². The molecule has 7 nitrogen and oxygen atoms in total. The van der Waals surface area contributed by atoms with E-state index >= 15 is 0 Å². The van der Waals surface area contributed by atoms with Crippen molar-refractivity contribution in [3.63, 3.8) is 0 Å². The Morgan fingerprint density at radius 2 is 2.20 bits per heavy atom. The first-order valence-corrected chi connectivity index (χ1v) is 4.52. The quantitative estimate of drug-likeness (QED) is 0.321. The molecule has 0 aliphatic carbocycles. The Hall–Kier alpha value is -1.47. The fourth-order valence-corrected chi connectivity index (χ4v) is 0.815. The van der Waals surface area contributed by atoms with Crippen LogP contribution in [-0.2, 0) is 4.79 Å². The molecule has 86 valence electrons. The minimum absolute atomic E-state index is 0.426. The molecule has 1 amide bonds. The first-order valence-electron chi connectivity index (χ1n) is 4.52. The maximum Gasteiger partial charge on any atom is 0.243 e. The van der Waals surface area contributed by atoms with Crippen molar-refractivity contribution in [3.05, 3.63) is 22.3 Å². The average molecular weight is 217 g/mol. The maximum absolute atomic E-state index is 11.2. The van der Waals surface area contributed by atoms with E-state index in [9.17, 15) is 14.9 Å². The van der Waals surface area contributed by atoms with Gasteiger partial charge in [0.15, 0.2) is 0 Å². The van der Waals surface area contributed by atoms with Crippen LogP contribution >= 0.6 is 0 Å². The molecule has 7 heteroatoms. The van der Waals surface area contributed by atoms with E-state index in [0.717, 1.165) is 0 Å². The van der Waals surface area contributed by atoms with Gasteiger partial charge in [-0.05, 0) is 13.0 Å². The summed E-state index contributed by atoms with van der Waals surface area (Å²) in [6.07, 6.45) is 2.49. The van der Waals surface area contributed by atoms with E-state index in [1.54, 1.807) is 12.4 Å². The van der Waals surface area contributed by atoms with Crippen LogP contribution < -0.4 is 10.8 Å². The van der Waals surface area contributed by atoms with Gasteiger partial charge >= 0.3 is 0 Å². The second-order valence-corrected chi connectivity index (χ2v) is 2.91. The molecule has 0 saturated heterocycles. The second kappa shape index (κ2) is 6.91. The van der Waals surface area contributed by atoms with Gasteiger partial charge in [-0.1, -0.05) is 6.08 Å². The number of rotatable bonds is 6. The minimum atomic E-state index is -0.965. The lowest BCUT2D eigenvalue weighted by Crippen LogP contribution is -2.41. The third kappa shape index (κ3) is 5.08. The molecule has 0 aromatic heterocycles. The van der Waals surface area contributed by atoms with Crippen molar-refractivity contribution in [1.29, 1.82) is 0 Å². The summed E-state index contributed by atoms with van der Waals surface area (Å²) in [6, 6.07) is -1.86. The molecule has 2 atom stereocenters. The van der Waals surface area contributed by atoms with Gasteiger partial charge in [0.25, 0.3) is 0 Å². The summed E-state index contributed by atoms with van der Waals surface area (Å²) in [5.41, 5.74) is 1.76. The molecule has 0 fully saturated rings. The molecule has 2 unspecified atom stereocenters. The van der Waals surface area contributed by atoms with Crippen molar-refractivity contribution >= 4 is 5.91 Å². The van der Waals surface area contributed by atoms with Crippen LogP contribution in [0.4, 0.5) is 0 Å². The highest BCUT2D eigenvalue weighted by atomic mass is 16.6. The number of amides is 1. The highest BCUT2D eigenvalue weighted by molar-refractivity contribution is 5.83. The zero-order chi connectivity index (χ0) is 11.8. The van der Waals surface area contributed by atoms with Gasteiger partial charge in [-0.3, -0.25) is 14.9 Å². The van der Waals surface area contributed by atoms with E-state index in [1.165, 1.54) is 19.1 Å². The largest absolute Gasteiger partial charge is 0.355 e. The molecule has 0 aromatic rings. The Morgan fingerprint density at radius 1 is 1.60 bits per heavy atom. The molecule has 0 aliphatic rings. The summed E-state index contributed by atoms with van der Waals surface area (Å²) in [6.45, 7) is 3.54. The summed E-state index contributed by atoms with van der Waals surface area (Å²) >= 11 is 0. The number of nitrogens with one attached hydrogen (secondary N) is 2. The van der Waals surface area contributed by atoms with Gasteiger partial charge in [-0.25, -0.2) is 0 Å². The number of carbonyl (C=O) groups is 1. The van der Waals surface area contributed by atoms with E-state index in [-0.39, 0.29) is 0 Å². The van der Waals surface area contributed by atoms with Crippen molar-refractivity contribution in [2.24, 2.45) is 0 Å². The standard InChI is InChI=1S/C8H15N3O4/c1-3-9-8(12)7(10-13)5-4-6(2)11(14)15/h4-7,10,13H,3H2,1-2H3,(H,9,12). The minimum Gasteiger partial charge on any atom is -0.355 e. The molecular formula is C8H15N3O4. The molecule has 0 radical (unpaired) electrons. The molecule has 3 N–H and O–H groups in total. The molecule has 0 heterocycles. The monoisotopic (exact) mass is 217 g/mol. The lowest BCUT2D eigenvalue weighted by atomic mass is 10.2.